The second-order valence-electron chi connectivity index (χ2n) is 4.36. The maximum absolute atomic E-state index is 3.39. The Kier molecular flexibility index (Phi) is 2.33. The molecule has 1 saturated heterocycles. The fraction of sp³-hybridized carbons (Fsp3) is 0.385. The summed E-state index contributed by atoms with van der Waals surface area (Å²) < 4.78 is 2.36. The Hall–Kier alpha value is -1.48. The van der Waals surface area contributed by atoms with Crippen LogP contribution in [0.5, 0.6) is 0 Å². The first kappa shape index (κ1) is 9.73. The van der Waals surface area contributed by atoms with Crippen molar-refractivity contribution in [2.45, 2.75) is 6.92 Å². The van der Waals surface area contributed by atoms with Gasteiger partial charge in [0.05, 0.1) is 5.52 Å². The van der Waals surface area contributed by atoms with Crippen molar-refractivity contribution < 1.29 is 0 Å². The fourth-order valence-corrected chi connectivity index (χ4v) is 2.51. The number of aryl methyl sites for hydroxylation is 1. The summed E-state index contributed by atoms with van der Waals surface area (Å²) in [4.78, 5) is 0. The molecule has 0 aliphatic carbocycles. The van der Waals surface area contributed by atoms with Crippen molar-refractivity contribution in [2.24, 2.45) is 0 Å². The zero-order valence-corrected chi connectivity index (χ0v) is 9.61. The molecule has 2 aromatic rings. The minimum Gasteiger partial charge on any atom is -0.313 e. The molecule has 0 amide bonds. The van der Waals surface area contributed by atoms with Crippen LogP contribution in [0.2, 0.25) is 0 Å². The van der Waals surface area contributed by atoms with Gasteiger partial charge in [-0.3, -0.25) is 4.68 Å². The number of rotatable bonds is 1. The van der Waals surface area contributed by atoms with Gasteiger partial charge in [0.25, 0.3) is 0 Å². The average molecular weight is 215 g/mol. The molecule has 1 aliphatic rings. The molecular weight excluding hydrogens is 198 g/mol. The quantitative estimate of drug-likeness (QED) is 0.777. The van der Waals surface area contributed by atoms with E-state index in [2.05, 4.69) is 52.3 Å². The van der Waals surface area contributed by atoms with Crippen molar-refractivity contribution >= 4 is 10.9 Å². The predicted molar refractivity (Wildman–Crippen MR) is 67.5 cm³/mol. The highest BCUT2D eigenvalue weighted by molar-refractivity contribution is 5.81. The Balaban J connectivity index is 2.10. The van der Waals surface area contributed by atoms with Crippen LogP contribution in [-0.2, 0) is 0 Å². The van der Waals surface area contributed by atoms with E-state index in [9.17, 15) is 0 Å². The molecule has 0 saturated carbocycles. The van der Waals surface area contributed by atoms with Gasteiger partial charge in [0.15, 0.2) is 0 Å². The van der Waals surface area contributed by atoms with E-state index in [0.717, 1.165) is 26.2 Å². The summed E-state index contributed by atoms with van der Waals surface area (Å²) in [5.74, 6) is 0. The van der Waals surface area contributed by atoms with Crippen LogP contribution < -0.4 is 10.3 Å². The number of hydrogen-bond acceptors (Lipinski definition) is 2. The van der Waals surface area contributed by atoms with E-state index in [1.54, 1.807) is 0 Å². The summed E-state index contributed by atoms with van der Waals surface area (Å²) in [5.41, 5.74) is 2.64. The molecule has 0 atom stereocenters. The van der Waals surface area contributed by atoms with Crippen molar-refractivity contribution in [3.63, 3.8) is 0 Å². The first-order valence-electron chi connectivity index (χ1n) is 5.89. The lowest BCUT2D eigenvalue weighted by Gasteiger charge is -2.32. The van der Waals surface area contributed by atoms with E-state index in [1.165, 1.54) is 16.6 Å². The Morgan fingerprint density at radius 1 is 1.12 bits per heavy atom. The van der Waals surface area contributed by atoms with E-state index < -0.39 is 0 Å². The number of nitrogens with one attached hydrogen (secondary N) is 1. The Morgan fingerprint density at radius 3 is 2.69 bits per heavy atom. The lowest BCUT2D eigenvalue weighted by atomic mass is 10.2. The molecule has 2 heterocycles. The Morgan fingerprint density at radius 2 is 1.88 bits per heavy atom. The number of piperazine rings is 1. The van der Waals surface area contributed by atoms with Gasteiger partial charge in [0.2, 0.25) is 0 Å². The molecule has 0 radical (unpaired) electrons. The van der Waals surface area contributed by atoms with Crippen LogP contribution in [0.3, 0.4) is 0 Å². The highest BCUT2D eigenvalue weighted by Crippen LogP contribution is 2.19. The largest absolute Gasteiger partial charge is 0.313 e. The normalized spacial score (nSPS) is 16.9. The average Bonchev–Trinajstić information content (AvgIpc) is 2.66. The second kappa shape index (κ2) is 3.83. The Labute approximate surface area is 95.6 Å². The molecule has 0 unspecified atom stereocenters. The lowest BCUT2D eigenvalue weighted by molar-refractivity contribution is 0.495. The first-order valence-corrected chi connectivity index (χ1v) is 5.89. The Bertz CT molecular complexity index is 495. The predicted octanol–water partition coefficient (Wildman–Crippen LogP) is 1.49. The first-order chi connectivity index (χ1) is 7.86. The van der Waals surface area contributed by atoms with Crippen LogP contribution in [-0.4, -0.2) is 30.9 Å². The van der Waals surface area contributed by atoms with Gasteiger partial charge in [-0.1, -0.05) is 18.2 Å². The molecule has 0 bridgehead atoms. The smallest absolute Gasteiger partial charge is 0.0697 e. The molecule has 3 nitrogen and oxygen atoms in total. The summed E-state index contributed by atoms with van der Waals surface area (Å²) >= 11 is 0. The van der Waals surface area contributed by atoms with E-state index >= 15 is 0 Å². The van der Waals surface area contributed by atoms with Gasteiger partial charge in [-0.05, 0) is 19.1 Å². The number of fused-ring (bicyclic) bond motifs is 1. The molecule has 1 aromatic heterocycles. The maximum Gasteiger partial charge on any atom is 0.0697 e. The van der Waals surface area contributed by atoms with Gasteiger partial charge < -0.3 is 10.3 Å². The number of hydrogen-bond donors (Lipinski definition) is 1. The van der Waals surface area contributed by atoms with Crippen molar-refractivity contribution in [2.75, 3.05) is 31.2 Å². The second-order valence-corrected chi connectivity index (χ2v) is 4.36. The number of aromatic nitrogens is 1. The van der Waals surface area contributed by atoms with Crippen molar-refractivity contribution in [3.8, 4) is 0 Å². The topological polar surface area (TPSA) is 20.2 Å². The van der Waals surface area contributed by atoms with Gasteiger partial charge in [0, 0.05) is 37.3 Å². The molecule has 1 aliphatic heterocycles. The summed E-state index contributed by atoms with van der Waals surface area (Å²) in [6.45, 7) is 6.50. The van der Waals surface area contributed by atoms with E-state index in [0.29, 0.717) is 0 Å². The summed E-state index contributed by atoms with van der Waals surface area (Å²) in [6.07, 6.45) is 0. The van der Waals surface area contributed by atoms with Gasteiger partial charge in [-0.15, -0.1) is 0 Å². The third kappa shape index (κ3) is 1.48. The monoisotopic (exact) mass is 215 g/mol. The molecule has 3 heteroatoms. The van der Waals surface area contributed by atoms with Crippen LogP contribution in [0.4, 0.5) is 0 Å². The van der Waals surface area contributed by atoms with Crippen molar-refractivity contribution in [1.29, 1.82) is 0 Å². The van der Waals surface area contributed by atoms with E-state index in [-0.39, 0.29) is 0 Å². The number of nitrogens with zero attached hydrogens (tertiary/aromatic N) is 2. The van der Waals surface area contributed by atoms with E-state index in [1.807, 2.05) is 0 Å². The van der Waals surface area contributed by atoms with Crippen LogP contribution in [0.15, 0.2) is 30.3 Å². The van der Waals surface area contributed by atoms with Crippen LogP contribution in [0.25, 0.3) is 10.9 Å². The molecule has 1 aromatic carbocycles. The molecule has 0 spiro atoms. The van der Waals surface area contributed by atoms with Crippen LogP contribution in [0, 0.1) is 6.92 Å². The van der Waals surface area contributed by atoms with Crippen LogP contribution >= 0.6 is 0 Å². The summed E-state index contributed by atoms with van der Waals surface area (Å²) in [6, 6.07) is 10.9. The van der Waals surface area contributed by atoms with Gasteiger partial charge in [0.1, 0.15) is 0 Å². The van der Waals surface area contributed by atoms with Gasteiger partial charge >= 0.3 is 0 Å². The van der Waals surface area contributed by atoms with E-state index in [4.69, 9.17) is 0 Å². The van der Waals surface area contributed by atoms with Crippen molar-refractivity contribution in [1.82, 2.24) is 9.99 Å². The minimum absolute atomic E-state index is 1.08. The molecule has 1 fully saturated rings. The van der Waals surface area contributed by atoms with Crippen LogP contribution in [0.1, 0.15) is 5.69 Å². The fourth-order valence-electron chi connectivity index (χ4n) is 2.51. The molecule has 1 N–H and O–H groups in total. The third-order valence-corrected chi connectivity index (χ3v) is 3.24. The summed E-state index contributed by atoms with van der Waals surface area (Å²) in [7, 11) is 0. The SMILES string of the molecule is Cc1cc2ccccc2n1N1CCNCC1. The molecular formula is C13H17N3. The van der Waals surface area contributed by atoms with Gasteiger partial charge in [-0.2, -0.15) is 0 Å². The zero-order chi connectivity index (χ0) is 11.0. The zero-order valence-electron chi connectivity index (χ0n) is 9.61. The summed E-state index contributed by atoms with van der Waals surface area (Å²) in [5, 5.41) is 7.15. The van der Waals surface area contributed by atoms with Gasteiger partial charge in [-0.25, -0.2) is 0 Å². The highest BCUT2D eigenvalue weighted by atomic mass is 15.6. The maximum atomic E-state index is 3.39. The molecule has 84 valence electrons. The number of para-hydroxylation sites is 1. The van der Waals surface area contributed by atoms with Crippen molar-refractivity contribution in [3.05, 3.63) is 36.0 Å². The molecule has 3 rings (SSSR count). The third-order valence-electron chi connectivity index (χ3n) is 3.24. The minimum atomic E-state index is 1.08. The highest BCUT2D eigenvalue weighted by Gasteiger charge is 2.14. The lowest BCUT2D eigenvalue weighted by Crippen LogP contribution is -2.49. The standard InChI is InChI=1S/C13H17N3/c1-11-10-12-4-2-3-5-13(12)16(11)15-8-6-14-7-9-15/h2-5,10,14H,6-9H2,1H3. The molecule has 16 heavy (non-hydrogen) atoms. The number of benzene rings is 1.